The molecule has 4 nitrogen and oxygen atoms in total. The molecule has 0 radical (unpaired) electrons. The number of nitrogens with zero attached hydrogens (tertiary/aromatic N) is 1. The van der Waals surface area contributed by atoms with Crippen LogP contribution in [0.15, 0.2) is 23.4 Å². The molecule has 0 bridgehead atoms. The Labute approximate surface area is 116 Å². The summed E-state index contributed by atoms with van der Waals surface area (Å²) in [6, 6.07) is 2.33. The quantitative estimate of drug-likeness (QED) is 0.818. The van der Waals surface area contributed by atoms with Crippen LogP contribution in [0.3, 0.4) is 0 Å². The van der Waals surface area contributed by atoms with Crippen LogP contribution in [0.5, 0.6) is 0 Å². The van der Waals surface area contributed by atoms with Gasteiger partial charge in [-0.3, -0.25) is 0 Å². The molecule has 0 aromatic carbocycles. The van der Waals surface area contributed by atoms with Crippen molar-refractivity contribution in [3.63, 3.8) is 0 Å². The van der Waals surface area contributed by atoms with Gasteiger partial charge in [-0.25, -0.2) is 22.5 Å². The minimum absolute atomic E-state index is 0.0132. The zero-order valence-electron chi connectivity index (χ0n) is 9.66. The lowest BCUT2D eigenvalue weighted by Crippen LogP contribution is -2.51. The van der Waals surface area contributed by atoms with Crippen LogP contribution in [0, 0.1) is 5.82 Å². The predicted octanol–water partition coefficient (Wildman–Crippen LogP) is 2.13. The molecule has 1 N–H and O–H groups in total. The summed E-state index contributed by atoms with van der Waals surface area (Å²) in [5.74, 6) is -0.944. The topological polar surface area (TPSA) is 59.1 Å². The van der Waals surface area contributed by atoms with E-state index < -0.39 is 26.4 Å². The second-order valence-electron chi connectivity index (χ2n) is 3.80. The highest BCUT2D eigenvalue weighted by Crippen LogP contribution is 2.19. The third kappa shape index (κ3) is 3.32. The van der Waals surface area contributed by atoms with Gasteiger partial charge in [-0.2, -0.15) is 0 Å². The van der Waals surface area contributed by atoms with E-state index in [0.29, 0.717) is 6.42 Å². The normalized spacial score (nSPS) is 12.7. The van der Waals surface area contributed by atoms with Crippen molar-refractivity contribution in [2.75, 3.05) is 11.8 Å². The first-order valence-corrected chi connectivity index (χ1v) is 7.72. The third-order valence-corrected chi connectivity index (χ3v) is 5.05. The van der Waals surface area contributed by atoms with Gasteiger partial charge in [-0.15, -0.1) is 23.2 Å². The van der Waals surface area contributed by atoms with Crippen LogP contribution >= 0.6 is 23.2 Å². The number of pyridine rings is 1. The summed E-state index contributed by atoms with van der Waals surface area (Å²) in [5.41, 5.74) is -1.01. The summed E-state index contributed by atoms with van der Waals surface area (Å²) < 4.78 is 39.8. The maximum absolute atomic E-state index is 13.4. The molecule has 1 rings (SSSR count). The average molecular weight is 315 g/mol. The van der Waals surface area contributed by atoms with Crippen molar-refractivity contribution in [2.45, 2.75) is 23.9 Å². The smallest absolute Gasteiger partial charge is 0.241 e. The summed E-state index contributed by atoms with van der Waals surface area (Å²) in [6.45, 7) is 1.74. The fourth-order valence-corrected chi connectivity index (χ4v) is 3.69. The molecule has 8 heteroatoms. The molecule has 0 aliphatic carbocycles. The summed E-state index contributed by atoms with van der Waals surface area (Å²) >= 11 is 11.5. The molecule has 0 saturated heterocycles. The van der Waals surface area contributed by atoms with E-state index in [9.17, 15) is 12.8 Å². The SMILES string of the molecule is CCC(CCl)(CCl)NS(=O)(=O)c1ncccc1F. The molecule has 18 heavy (non-hydrogen) atoms. The first kappa shape index (κ1) is 15.6. The zero-order chi connectivity index (χ0) is 13.8. The van der Waals surface area contributed by atoms with E-state index in [1.807, 2.05) is 0 Å². The van der Waals surface area contributed by atoms with Gasteiger partial charge >= 0.3 is 0 Å². The summed E-state index contributed by atoms with van der Waals surface area (Å²) in [7, 11) is -4.09. The van der Waals surface area contributed by atoms with Crippen molar-refractivity contribution in [1.82, 2.24) is 9.71 Å². The number of rotatable bonds is 6. The van der Waals surface area contributed by atoms with Gasteiger partial charge in [-0.05, 0) is 18.6 Å². The number of hydrogen-bond acceptors (Lipinski definition) is 3. The molecule has 0 unspecified atom stereocenters. The van der Waals surface area contributed by atoms with Gasteiger partial charge in [0.25, 0.3) is 10.0 Å². The van der Waals surface area contributed by atoms with Gasteiger partial charge in [0.15, 0.2) is 5.82 Å². The van der Waals surface area contributed by atoms with Crippen LogP contribution in [0.25, 0.3) is 0 Å². The molecular weight excluding hydrogens is 302 g/mol. The fourth-order valence-electron chi connectivity index (χ4n) is 1.25. The van der Waals surface area contributed by atoms with Crippen molar-refractivity contribution >= 4 is 33.2 Å². The highest BCUT2D eigenvalue weighted by atomic mass is 35.5. The van der Waals surface area contributed by atoms with Crippen molar-refractivity contribution < 1.29 is 12.8 Å². The molecule has 0 spiro atoms. The molecule has 0 atom stereocenters. The lowest BCUT2D eigenvalue weighted by Gasteiger charge is -2.28. The van der Waals surface area contributed by atoms with E-state index in [1.165, 1.54) is 12.3 Å². The predicted molar refractivity (Wildman–Crippen MR) is 69.0 cm³/mol. The van der Waals surface area contributed by atoms with Crippen molar-refractivity contribution in [2.24, 2.45) is 0 Å². The Morgan fingerprint density at radius 3 is 2.50 bits per heavy atom. The second-order valence-corrected chi connectivity index (χ2v) is 5.93. The van der Waals surface area contributed by atoms with Gasteiger partial charge in [0.2, 0.25) is 5.03 Å². The number of halogens is 3. The number of alkyl halides is 2. The average Bonchev–Trinajstić information content (AvgIpc) is 2.36. The van der Waals surface area contributed by atoms with Crippen LogP contribution in [0.1, 0.15) is 13.3 Å². The summed E-state index contributed by atoms with van der Waals surface area (Å²) in [5, 5.41) is -0.655. The highest BCUT2D eigenvalue weighted by Gasteiger charge is 2.34. The molecule has 0 fully saturated rings. The van der Waals surface area contributed by atoms with E-state index in [0.717, 1.165) is 6.07 Å². The van der Waals surface area contributed by atoms with Crippen molar-refractivity contribution in [1.29, 1.82) is 0 Å². The van der Waals surface area contributed by atoms with E-state index in [-0.39, 0.29) is 11.8 Å². The number of nitrogens with one attached hydrogen (secondary N) is 1. The Bertz CT molecular complexity index is 498. The van der Waals surface area contributed by atoms with Crippen molar-refractivity contribution in [3.05, 3.63) is 24.1 Å². The van der Waals surface area contributed by atoms with E-state index in [4.69, 9.17) is 23.2 Å². The first-order valence-electron chi connectivity index (χ1n) is 5.17. The van der Waals surface area contributed by atoms with Crippen LogP contribution in [0.4, 0.5) is 4.39 Å². The minimum atomic E-state index is -4.09. The molecule has 1 aromatic rings. The molecule has 0 saturated carbocycles. The Hall–Kier alpha value is -0.430. The van der Waals surface area contributed by atoms with E-state index >= 15 is 0 Å². The van der Waals surface area contributed by atoms with Crippen LogP contribution in [-0.4, -0.2) is 30.7 Å². The number of hydrogen-bond donors (Lipinski definition) is 1. The second kappa shape index (κ2) is 6.14. The Morgan fingerprint density at radius 2 is 2.06 bits per heavy atom. The number of aromatic nitrogens is 1. The fraction of sp³-hybridized carbons (Fsp3) is 0.500. The molecule has 102 valence electrons. The lowest BCUT2D eigenvalue weighted by molar-refractivity contribution is 0.445. The molecule has 0 amide bonds. The Morgan fingerprint density at radius 1 is 1.44 bits per heavy atom. The van der Waals surface area contributed by atoms with Gasteiger partial charge in [0, 0.05) is 18.0 Å². The number of sulfonamides is 1. The minimum Gasteiger partial charge on any atom is -0.241 e. The van der Waals surface area contributed by atoms with Crippen LogP contribution in [-0.2, 0) is 10.0 Å². The van der Waals surface area contributed by atoms with Gasteiger partial charge in [0.1, 0.15) is 0 Å². The third-order valence-electron chi connectivity index (χ3n) is 2.52. The van der Waals surface area contributed by atoms with Crippen LogP contribution < -0.4 is 4.72 Å². The van der Waals surface area contributed by atoms with Crippen LogP contribution in [0.2, 0.25) is 0 Å². The summed E-state index contributed by atoms with van der Waals surface area (Å²) in [6.07, 6.45) is 1.58. The molecule has 0 aliphatic rings. The maximum Gasteiger partial charge on any atom is 0.261 e. The molecular formula is C10H13Cl2FN2O2S. The Balaban J connectivity index is 3.13. The van der Waals surface area contributed by atoms with E-state index in [2.05, 4.69) is 9.71 Å². The van der Waals surface area contributed by atoms with Gasteiger partial charge in [0.05, 0.1) is 5.54 Å². The first-order chi connectivity index (χ1) is 8.40. The summed E-state index contributed by atoms with van der Waals surface area (Å²) in [4.78, 5) is 3.53. The zero-order valence-corrected chi connectivity index (χ0v) is 12.0. The van der Waals surface area contributed by atoms with E-state index in [1.54, 1.807) is 6.92 Å². The Kier molecular flexibility index (Phi) is 5.33. The van der Waals surface area contributed by atoms with Crippen molar-refractivity contribution in [3.8, 4) is 0 Å². The largest absolute Gasteiger partial charge is 0.261 e. The monoisotopic (exact) mass is 314 g/mol. The maximum atomic E-state index is 13.4. The lowest BCUT2D eigenvalue weighted by atomic mass is 10.0. The molecule has 0 aliphatic heterocycles. The van der Waals surface area contributed by atoms with Gasteiger partial charge < -0.3 is 0 Å². The molecule has 1 aromatic heterocycles. The molecule has 1 heterocycles. The van der Waals surface area contributed by atoms with Gasteiger partial charge in [-0.1, -0.05) is 6.92 Å². The highest BCUT2D eigenvalue weighted by molar-refractivity contribution is 7.89. The standard InChI is InChI=1S/C10H13Cl2FN2O2S/c1-2-10(6-11,7-12)15-18(16,17)9-8(13)4-3-5-14-9/h3-5,15H,2,6-7H2,1H3.